The van der Waals surface area contributed by atoms with Gasteiger partial charge in [-0.2, -0.15) is 0 Å². The summed E-state index contributed by atoms with van der Waals surface area (Å²) in [6.07, 6.45) is 1.02. The first-order chi connectivity index (χ1) is 14.6. The number of tetrazole rings is 1. The third-order valence-electron chi connectivity index (χ3n) is 4.43. The molecule has 0 fully saturated rings. The van der Waals surface area contributed by atoms with Gasteiger partial charge in [0.15, 0.2) is 11.5 Å². The maximum absolute atomic E-state index is 6.03. The number of aryl methyl sites for hydroxylation is 2. The molecule has 9 heteroatoms. The summed E-state index contributed by atoms with van der Waals surface area (Å²) in [4.78, 5) is 0. The highest BCUT2D eigenvalue weighted by Crippen LogP contribution is 2.37. The van der Waals surface area contributed by atoms with E-state index in [9.17, 15) is 0 Å². The van der Waals surface area contributed by atoms with Crippen LogP contribution in [0.4, 0.5) is 0 Å². The van der Waals surface area contributed by atoms with Gasteiger partial charge in [0.2, 0.25) is 5.16 Å². The molecule has 1 heterocycles. The zero-order chi connectivity index (χ0) is 21.3. The fourth-order valence-corrected chi connectivity index (χ4v) is 4.18. The van der Waals surface area contributed by atoms with Crippen molar-refractivity contribution in [2.75, 3.05) is 19.4 Å². The Bertz CT molecular complexity index is 949. The van der Waals surface area contributed by atoms with Crippen molar-refractivity contribution in [2.24, 2.45) is 7.05 Å². The van der Waals surface area contributed by atoms with Crippen molar-refractivity contribution in [3.8, 4) is 11.5 Å². The number of hydrogen-bond donors (Lipinski definition) is 1. The molecular weight excluding hydrogens is 466 g/mol. The van der Waals surface area contributed by atoms with Gasteiger partial charge >= 0.3 is 0 Å². The number of aromatic nitrogens is 4. The van der Waals surface area contributed by atoms with Crippen LogP contribution < -0.4 is 14.8 Å². The third-order valence-corrected chi connectivity index (χ3v) is 6.12. The van der Waals surface area contributed by atoms with Gasteiger partial charge in [0.25, 0.3) is 0 Å². The number of halogens is 1. The van der Waals surface area contributed by atoms with Crippen LogP contribution in [0.1, 0.15) is 23.1 Å². The van der Waals surface area contributed by atoms with Gasteiger partial charge in [-0.25, -0.2) is 4.68 Å². The summed E-state index contributed by atoms with van der Waals surface area (Å²) >= 11 is 5.29. The lowest BCUT2D eigenvalue weighted by Crippen LogP contribution is -2.15. The van der Waals surface area contributed by atoms with Crippen LogP contribution in [0.3, 0.4) is 0 Å². The van der Waals surface area contributed by atoms with Crippen molar-refractivity contribution >= 4 is 27.7 Å². The van der Waals surface area contributed by atoms with E-state index >= 15 is 0 Å². The second-order valence-electron chi connectivity index (χ2n) is 6.85. The van der Waals surface area contributed by atoms with E-state index in [2.05, 4.69) is 74.0 Å². The minimum absolute atomic E-state index is 0.492. The molecule has 3 rings (SSSR count). The van der Waals surface area contributed by atoms with E-state index < -0.39 is 0 Å². The van der Waals surface area contributed by atoms with Crippen LogP contribution >= 0.6 is 27.7 Å². The second-order valence-corrected chi connectivity index (χ2v) is 8.76. The summed E-state index contributed by atoms with van der Waals surface area (Å²) < 4.78 is 14.2. The van der Waals surface area contributed by atoms with E-state index in [0.717, 1.165) is 57.5 Å². The smallest absolute Gasteiger partial charge is 0.209 e. The van der Waals surface area contributed by atoms with Gasteiger partial charge in [0.1, 0.15) is 6.61 Å². The van der Waals surface area contributed by atoms with Crippen molar-refractivity contribution in [3.05, 3.63) is 57.6 Å². The van der Waals surface area contributed by atoms with Gasteiger partial charge in [-0.1, -0.05) is 41.6 Å². The molecule has 160 valence electrons. The minimum Gasteiger partial charge on any atom is -0.493 e. The fourth-order valence-electron chi connectivity index (χ4n) is 2.79. The quantitative estimate of drug-likeness (QED) is 0.319. The summed E-state index contributed by atoms with van der Waals surface area (Å²) in [6, 6.07) is 12.4. The van der Waals surface area contributed by atoms with E-state index in [0.29, 0.717) is 6.61 Å². The van der Waals surface area contributed by atoms with Crippen LogP contribution in [0.25, 0.3) is 0 Å². The average Bonchev–Trinajstić information content (AvgIpc) is 3.15. The SMILES string of the molecule is COc1cc(CNCCCSc2nnnn2C)cc(Br)c1OCc1ccc(C)cc1. The molecule has 2 aromatic carbocycles. The number of methoxy groups -OCH3 is 1. The van der Waals surface area contributed by atoms with Crippen molar-refractivity contribution in [2.45, 2.75) is 31.7 Å². The number of benzene rings is 2. The monoisotopic (exact) mass is 491 g/mol. The van der Waals surface area contributed by atoms with Crippen molar-refractivity contribution in [1.29, 1.82) is 0 Å². The molecule has 0 spiro atoms. The molecule has 1 aromatic heterocycles. The molecule has 30 heavy (non-hydrogen) atoms. The van der Waals surface area contributed by atoms with E-state index in [-0.39, 0.29) is 0 Å². The second kappa shape index (κ2) is 11.3. The number of nitrogens with one attached hydrogen (secondary N) is 1. The number of nitrogens with zero attached hydrogens (tertiary/aromatic N) is 4. The molecule has 0 saturated carbocycles. The summed E-state index contributed by atoms with van der Waals surface area (Å²) in [7, 11) is 3.51. The highest BCUT2D eigenvalue weighted by Gasteiger charge is 2.12. The lowest BCUT2D eigenvalue weighted by Gasteiger charge is -2.15. The summed E-state index contributed by atoms with van der Waals surface area (Å²) in [5.74, 6) is 2.40. The normalized spacial score (nSPS) is 10.9. The standard InChI is InChI=1S/C21H26BrN5O2S/c1-15-5-7-16(8-6-15)14-29-20-18(22)11-17(12-19(20)28-3)13-23-9-4-10-30-21-24-25-26-27(21)2/h5-8,11-12,23H,4,9-10,13-14H2,1-3H3. The molecule has 0 aliphatic rings. The Morgan fingerprint density at radius 2 is 1.97 bits per heavy atom. The number of hydrogen-bond acceptors (Lipinski definition) is 7. The van der Waals surface area contributed by atoms with Gasteiger partial charge in [-0.05, 0) is 69.5 Å². The third kappa shape index (κ3) is 6.45. The lowest BCUT2D eigenvalue weighted by atomic mass is 10.1. The number of ether oxygens (including phenoxy) is 2. The Hall–Kier alpha value is -2.10. The lowest BCUT2D eigenvalue weighted by molar-refractivity contribution is 0.282. The van der Waals surface area contributed by atoms with Crippen LogP contribution in [0.15, 0.2) is 46.0 Å². The van der Waals surface area contributed by atoms with Gasteiger partial charge in [0, 0.05) is 19.3 Å². The van der Waals surface area contributed by atoms with Crippen LogP contribution in [-0.2, 0) is 20.2 Å². The van der Waals surface area contributed by atoms with Gasteiger partial charge < -0.3 is 14.8 Å². The first-order valence-corrected chi connectivity index (χ1v) is 11.5. The molecule has 3 aromatic rings. The van der Waals surface area contributed by atoms with Crippen LogP contribution in [0, 0.1) is 6.92 Å². The summed E-state index contributed by atoms with van der Waals surface area (Å²) in [6.45, 7) is 4.23. The molecule has 0 saturated heterocycles. The van der Waals surface area contributed by atoms with E-state index in [4.69, 9.17) is 9.47 Å². The molecule has 0 unspecified atom stereocenters. The molecule has 0 bridgehead atoms. The molecule has 0 aliphatic carbocycles. The Balaban J connectivity index is 1.48. The predicted octanol–water partition coefficient (Wildman–Crippen LogP) is 4.14. The molecule has 0 atom stereocenters. The van der Waals surface area contributed by atoms with Gasteiger partial charge in [-0.3, -0.25) is 0 Å². The molecule has 7 nitrogen and oxygen atoms in total. The Kier molecular flexibility index (Phi) is 8.53. The minimum atomic E-state index is 0.492. The maximum Gasteiger partial charge on any atom is 0.209 e. The molecule has 1 N–H and O–H groups in total. The summed E-state index contributed by atoms with van der Waals surface area (Å²) in [5.41, 5.74) is 3.49. The Morgan fingerprint density at radius 3 is 2.67 bits per heavy atom. The predicted molar refractivity (Wildman–Crippen MR) is 122 cm³/mol. The average molecular weight is 492 g/mol. The number of rotatable bonds is 11. The fraction of sp³-hybridized carbons (Fsp3) is 0.381. The van der Waals surface area contributed by atoms with Crippen LogP contribution in [-0.4, -0.2) is 39.6 Å². The first kappa shape index (κ1) is 22.6. The zero-order valence-corrected chi connectivity index (χ0v) is 19.8. The molecule has 0 radical (unpaired) electrons. The van der Waals surface area contributed by atoms with E-state index in [1.165, 1.54) is 5.56 Å². The molecule has 0 amide bonds. The van der Waals surface area contributed by atoms with Crippen molar-refractivity contribution in [1.82, 2.24) is 25.5 Å². The largest absolute Gasteiger partial charge is 0.493 e. The van der Waals surface area contributed by atoms with Crippen LogP contribution in [0.2, 0.25) is 0 Å². The van der Waals surface area contributed by atoms with Gasteiger partial charge in [-0.15, -0.1) is 5.10 Å². The highest BCUT2D eigenvalue weighted by molar-refractivity contribution is 9.10. The summed E-state index contributed by atoms with van der Waals surface area (Å²) in [5, 5.41) is 15.7. The van der Waals surface area contributed by atoms with E-state index in [1.807, 2.05) is 13.1 Å². The maximum atomic E-state index is 6.03. The first-order valence-electron chi connectivity index (χ1n) is 9.67. The number of thioether (sulfide) groups is 1. The Labute approximate surface area is 189 Å². The van der Waals surface area contributed by atoms with E-state index in [1.54, 1.807) is 23.6 Å². The molecule has 0 aliphatic heterocycles. The zero-order valence-electron chi connectivity index (χ0n) is 17.4. The van der Waals surface area contributed by atoms with Crippen molar-refractivity contribution in [3.63, 3.8) is 0 Å². The topological polar surface area (TPSA) is 74.1 Å². The highest BCUT2D eigenvalue weighted by atomic mass is 79.9. The Morgan fingerprint density at radius 1 is 1.17 bits per heavy atom. The van der Waals surface area contributed by atoms with Crippen molar-refractivity contribution < 1.29 is 9.47 Å². The molecular formula is C21H26BrN5O2S. The van der Waals surface area contributed by atoms with Crippen LogP contribution in [0.5, 0.6) is 11.5 Å². The van der Waals surface area contributed by atoms with Gasteiger partial charge in [0.05, 0.1) is 11.6 Å².